The highest BCUT2D eigenvalue weighted by molar-refractivity contribution is 5.92. The van der Waals surface area contributed by atoms with Crippen LogP contribution in [0.1, 0.15) is 25.8 Å². The van der Waals surface area contributed by atoms with Crippen LogP contribution in [0.15, 0.2) is 24.4 Å². The van der Waals surface area contributed by atoms with Crippen molar-refractivity contribution in [3.05, 3.63) is 30.0 Å². The fraction of sp³-hybridized carbons (Fsp3) is 0.412. The van der Waals surface area contributed by atoms with Gasteiger partial charge in [0.25, 0.3) is 0 Å². The molecular weight excluding hydrogens is 296 g/mol. The van der Waals surface area contributed by atoms with Crippen molar-refractivity contribution in [3.8, 4) is 5.75 Å². The number of carboxylic acids is 1. The van der Waals surface area contributed by atoms with Gasteiger partial charge in [-0.25, -0.2) is 0 Å². The lowest BCUT2D eigenvalue weighted by atomic mass is 10.1. The highest BCUT2D eigenvalue weighted by Crippen LogP contribution is 2.24. The van der Waals surface area contributed by atoms with E-state index in [-0.39, 0.29) is 0 Å². The molecule has 6 nitrogen and oxygen atoms in total. The van der Waals surface area contributed by atoms with Crippen LogP contribution in [0.3, 0.4) is 0 Å². The number of H-pyrrole nitrogens is 1. The second kappa shape index (κ2) is 7.28. The highest BCUT2D eigenvalue weighted by atomic mass is 16.5. The first-order valence-electron chi connectivity index (χ1n) is 7.59. The molecule has 0 aliphatic carbocycles. The van der Waals surface area contributed by atoms with Crippen LogP contribution in [-0.2, 0) is 16.0 Å². The molecule has 0 fully saturated rings. The van der Waals surface area contributed by atoms with Gasteiger partial charge in [-0.2, -0.15) is 0 Å². The second-order valence-electron chi connectivity index (χ2n) is 5.89. The van der Waals surface area contributed by atoms with Crippen LogP contribution in [0.2, 0.25) is 0 Å². The molecule has 0 aliphatic heterocycles. The molecule has 2 N–H and O–H groups in total. The third-order valence-electron chi connectivity index (χ3n) is 3.88. The Morgan fingerprint density at radius 1 is 1.35 bits per heavy atom. The quantitative estimate of drug-likeness (QED) is 0.465. The maximum Gasteiger partial charge on any atom is 0.322 e. The van der Waals surface area contributed by atoms with Gasteiger partial charge in [-0.3, -0.25) is 9.59 Å². The van der Waals surface area contributed by atoms with E-state index in [1.165, 1.54) is 0 Å². The molecule has 0 atom stereocenters. The number of likely N-dealkylation sites (N-methyl/N-ethyl adjacent to an activating group) is 1. The number of ether oxygens (including phenoxy) is 1. The van der Waals surface area contributed by atoms with Crippen molar-refractivity contribution in [2.45, 2.75) is 32.7 Å². The average Bonchev–Trinajstić information content (AvgIpc) is 2.86. The predicted molar refractivity (Wildman–Crippen MR) is 87.7 cm³/mol. The SMILES string of the molecule is CC(C)N(C)CCc1c[nH]c2ccc(OC(=O)CC(=O)O)cc12. The molecule has 0 aliphatic rings. The molecule has 1 aromatic heterocycles. The van der Waals surface area contributed by atoms with Gasteiger partial charge in [-0.15, -0.1) is 0 Å². The monoisotopic (exact) mass is 318 g/mol. The van der Waals surface area contributed by atoms with Crippen molar-refractivity contribution in [2.24, 2.45) is 0 Å². The first-order valence-corrected chi connectivity index (χ1v) is 7.59. The van der Waals surface area contributed by atoms with Crippen molar-refractivity contribution in [1.82, 2.24) is 9.88 Å². The number of carbonyl (C=O) groups excluding carboxylic acids is 1. The normalized spacial score (nSPS) is 11.3. The summed E-state index contributed by atoms with van der Waals surface area (Å²) < 4.78 is 5.08. The molecule has 0 radical (unpaired) electrons. The summed E-state index contributed by atoms with van der Waals surface area (Å²) in [7, 11) is 2.08. The third-order valence-corrected chi connectivity index (χ3v) is 3.88. The van der Waals surface area contributed by atoms with Gasteiger partial charge in [0.15, 0.2) is 0 Å². The number of aliphatic carboxylic acids is 1. The lowest BCUT2D eigenvalue weighted by Gasteiger charge is -2.20. The fourth-order valence-corrected chi connectivity index (χ4v) is 2.27. The van der Waals surface area contributed by atoms with E-state index in [2.05, 4.69) is 30.8 Å². The Bertz CT molecular complexity index is 706. The summed E-state index contributed by atoms with van der Waals surface area (Å²) in [6.07, 6.45) is 2.19. The minimum atomic E-state index is -1.20. The van der Waals surface area contributed by atoms with Crippen LogP contribution in [0.5, 0.6) is 5.75 Å². The predicted octanol–water partition coefficient (Wildman–Crippen LogP) is 2.43. The minimum Gasteiger partial charge on any atom is -0.481 e. The number of fused-ring (bicyclic) bond motifs is 1. The summed E-state index contributed by atoms with van der Waals surface area (Å²) in [4.78, 5) is 27.4. The number of nitrogens with one attached hydrogen (secondary N) is 1. The zero-order chi connectivity index (χ0) is 17.0. The van der Waals surface area contributed by atoms with Gasteiger partial charge in [0.05, 0.1) is 0 Å². The van der Waals surface area contributed by atoms with Gasteiger partial charge in [0.1, 0.15) is 12.2 Å². The summed E-state index contributed by atoms with van der Waals surface area (Å²) in [5.41, 5.74) is 2.11. The number of benzene rings is 1. The zero-order valence-corrected chi connectivity index (χ0v) is 13.6. The van der Waals surface area contributed by atoms with E-state index in [4.69, 9.17) is 9.84 Å². The zero-order valence-electron chi connectivity index (χ0n) is 13.6. The van der Waals surface area contributed by atoms with E-state index >= 15 is 0 Å². The van der Waals surface area contributed by atoms with E-state index in [1.807, 2.05) is 12.3 Å². The van der Waals surface area contributed by atoms with Crippen molar-refractivity contribution in [1.29, 1.82) is 0 Å². The Morgan fingerprint density at radius 2 is 2.09 bits per heavy atom. The van der Waals surface area contributed by atoms with Gasteiger partial charge < -0.3 is 19.7 Å². The molecule has 124 valence electrons. The Kier molecular flexibility index (Phi) is 5.39. The van der Waals surface area contributed by atoms with Crippen LogP contribution < -0.4 is 4.74 Å². The Morgan fingerprint density at radius 3 is 2.74 bits per heavy atom. The lowest BCUT2D eigenvalue weighted by Crippen LogP contribution is -2.28. The average molecular weight is 318 g/mol. The van der Waals surface area contributed by atoms with Crippen LogP contribution >= 0.6 is 0 Å². The number of carboxylic acid groups (broad SMARTS) is 1. The molecule has 23 heavy (non-hydrogen) atoms. The van der Waals surface area contributed by atoms with Crippen LogP contribution in [0.25, 0.3) is 10.9 Å². The lowest BCUT2D eigenvalue weighted by molar-refractivity contribution is -0.145. The molecule has 1 aromatic carbocycles. The van der Waals surface area contributed by atoms with Crippen LogP contribution in [0.4, 0.5) is 0 Å². The third kappa shape index (κ3) is 4.56. The Hall–Kier alpha value is -2.34. The largest absolute Gasteiger partial charge is 0.481 e. The smallest absolute Gasteiger partial charge is 0.322 e. The Balaban J connectivity index is 2.13. The van der Waals surface area contributed by atoms with Crippen molar-refractivity contribution >= 4 is 22.8 Å². The molecule has 0 saturated heterocycles. The van der Waals surface area contributed by atoms with E-state index in [9.17, 15) is 9.59 Å². The first kappa shape index (κ1) is 17.0. The standard InChI is InChI=1S/C17H22N2O4/c1-11(2)19(3)7-6-12-10-18-15-5-4-13(8-14(12)15)23-17(22)9-16(20)21/h4-5,8,10-11,18H,6-7,9H2,1-3H3,(H,20,21). The topological polar surface area (TPSA) is 82.6 Å². The summed E-state index contributed by atoms with van der Waals surface area (Å²) in [6.45, 7) is 5.22. The van der Waals surface area contributed by atoms with Crippen molar-refractivity contribution in [2.75, 3.05) is 13.6 Å². The number of hydrogen-bond donors (Lipinski definition) is 2. The number of hydrogen-bond acceptors (Lipinski definition) is 4. The molecule has 0 unspecified atom stereocenters. The molecule has 0 bridgehead atoms. The molecule has 1 heterocycles. The molecule has 0 spiro atoms. The van der Waals surface area contributed by atoms with Gasteiger partial charge in [-0.05, 0) is 51.1 Å². The fourth-order valence-electron chi connectivity index (χ4n) is 2.27. The van der Waals surface area contributed by atoms with E-state index in [0.717, 1.165) is 29.4 Å². The van der Waals surface area contributed by atoms with E-state index < -0.39 is 18.4 Å². The van der Waals surface area contributed by atoms with Gasteiger partial charge in [-0.1, -0.05) is 0 Å². The summed E-state index contributed by atoms with van der Waals surface area (Å²) in [6, 6.07) is 5.74. The highest BCUT2D eigenvalue weighted by Gasteiger charge is 2.12. The summed E-state index contributed by atoms with van der Waals surface area (Å²) >= 11 is 0. The molecule has 6 heteroatoms. The van der Waals surface area contributed by atoms with E-state index in [0.29, 0.717) is 11.8 Å². The molecular formula is C17H22N2O4. The summed E-state index contributed by atoms with van der Waals surface area (Å²) in [5.74, 6) is -1.61. The van der Waals surface area contributed by atoms with Gasteiger partial charge >= 0.3 is 11.9 Å². The van der Waals surface area contributed by atoms with Crippen molar-refractivity contribution in [3.63, 3.8) is 0 Å². The van der Waals surface area contributed by atoms with Crippen LogP contribution in [-0.4, -0.2) is 46.6 Å². The van der Waals surface area contributed by atoms with Crippen molar-refractivity contribution < 1.29 is 19.4 Å². The number of esters is 1. The number of nitrogens with zero attached hydrogens (tertiary/aromatic N) is 1. The maximum absolute atomic E-state index is 11.5. The number of rotatable bonds is 7. The molecule has 2 aromatic rings. The van der Waals surface area contributed by atoms with Gasteiger partial charge in [0, 0.05) is 29.7 Å². The van der Waals surface area contributed by atoms with Gasteiger partial charge in [0.2, 0.25) is 0 Å². The van der Waals surface area contributed by atoms with Crippen LogP contribution in [0, 0.1) is 0 Å². The van der Waals surface area contributed by atoms with E-state index in [1.54, 1.807) is 12.1 Å². The Labute approximate surface area is 135 Å². The maximum atomic E-state index is 11.5. The second-order valence-corrected chi connectivity index (χ2v) is 5.89. The number of aromatic nitrogens is 1. The number of aromatic amines is 1. The number of carbonyl (C=O) groups is 2. The first-order chi connectivity index (χ1) is 10.9. The minimum absolute atomic E-state index is 0.363. The molecule has 0 amide bonds. The molecule has 0 saturated carbocycles. The summed E-state index contributed by atoms with van der Waals surface area (Å²) in [5, 5.41) is 9.59. The molecule has 2 rings (SSSR count).